The maximum absolute atomic E-state index is 11.8. The van der Waals surface area contributed by atoms with Crippen LogP contribution >= 0.6 is 0 Å². The van der Waals surface area contributed by atoms with Gasteiger partial charge in [0.2, 0.25) is 0 Å². The largest absolute Gasteiger partial charge is 0.390 e. The highest BCUT2D eigenvalue weighted by molar-refractivity contribution is 4.62. The van der Waals surface area contributed by atoms with Gasteiger partial charge in [0.25, 0.3) is 0 Å². The SMILES string of the molecule is CCCCC(C)C(O)CF. The highest BCUT2D eigenvalue weighted by atomic mass is 19.1. The summed E-state index contributed by atoms with van der Waals surface area (Å²) in [7, 11) is 0. The Kier molecular flexibility index (Phi) is 5.60. The lowest BCUT2D eigenvalue weighted by Crippen LogP contribution is -2.19. The Balaban J connectivity index is 3.31. The molecule has 0 radical (unpaired) electrons. The molecule has 62 valence electrons. The molecule has 0 saturated heterocycles. The minimum absolute atomic E-state index is 0.116. The number of unbranched alkanes of at least 4 members (excludes halogenated alkanes) is 1. The van der Waals surface area contributed by atoms with Crippen molar-refractivity contribution in [2.45, 2.75) is 39.2 Å². The number of hydrogen-bond donors (Lipinski definition) is 1. The van der Waals surface area contributed by atoms with Crippen LogP contribution in [0.15, 0.2) is 0 Å². The van der Waals surface area contributed by atoms with Gasteiger partial charge >= 0.3 is 0 Å². The first-order chi connectivity index (χ1) is 4.72. The van der Waals surface area contributed by atoms with E-state index in [1.807, 2.05) is 6.92 Å². The first-order valence-electron chi connectivity index (χ1n) is 3.96. The zero-order chi connectivity index (χ0) is 7.98. The fourth-order valence-corrected chi connectivity index (χ4v) is 0.871. The van der Waals surface area contributed by atoms with E-state index < -0.39 is 12.8 Å². The number of rotatable bonds is 5. The van der Waals surface area contributed by atoms with E-state index in [2.05, 4.69) is 6.92 Å². The number of aliphatic hydroxyl groups excluding tert-OH is 1. The second-order valence-electron chi connectivity index (χ2n) is 2.84. The fraction of sp³-hybridized carbons (Fsp3) is 1.00. The molecule has 1 N–H and O–H groups in total. The minimum atomic E-state index is -0.744. The maximum Gasteiger partial charge on any atom is 0.116 e. The van der Waals surface area contributed by atoms with Gasteiger partial charge < -0.3 is 5.11 Å². The zero-order valence-corrected chi connectivity index (χ0v) is 6.81. The standard InChI is InChI=1S/C8H17FO/c1-3-4-5-7(2)8(10)6-9/h7-8,10H,3-6H2,1-2H3. The molecular weight excluding hydrogens is 131 g/mol. The van der Waals surface area contributed by atoms with Crippen molar-refractivity contribution in [3.63, 3.8) is 0 Å². The van der Waals surface area contributed by atoms with E-state index in [1.165, 1.54) is 0 Å². The van der Waals surface area contributed by atoms with Crippen LogP contribution < -0.4 is 0 Å². The van der Waals surface area contributed by atoms with Crippen LogP contribution in [-0.2, 0) is 0 Å². The summed E-state index contributed by atoms with van der Waals surface area (Å²) >= 11 is 0. The predicted molar refractivity (Wildman–Crippen MR) is 40.7 cm³/mol. The van der Waals surface area contributed by atoms with Crippen LogP contribution in [0.3, 0.4) is 0 Å². The molecule has 0 heterocycles. The van der Waals surface area contributed by atoms with E-state index in [1.54, 1.807) is 0 Å². The molecule has 0 aromatic heterocycles. The van der Waals surface area contributed by atoms with E-state index in [9.17, 15) is 4.39 Å². The molecule has 0 amide bonds. The lowest BCUT2D eigenvalue weighted by Gasteiger charge is -2.14. The van der Waals surface area contributed by atoms with Gasteiger partial charge in [0.05, 0.1) is 6.10 Å². The average Bonchev–Trinajstić information content (AvgIpc) is 1.98. The fourth-order valence-electron chi connectivity index (χ4n) is 0.871. The van der Waals surface area contributed by atoms with Crippen LogP contribution in [0.2, 0.25) is 0 Å². The minimum Gasteiger partial charge on any atom is -0.390 e. The van der Waals surface area contributed by atoms with Gasteiger partial charge in [-0.25, -0.2) is 4.39 Å². The predicted octanol–water partition coefficient (Wildman–Crippen LogP) is 2.14. The van der Waals surface area contributed by atoms with E-state index >= 15 is 0 Å². The van der Waals surface area contributed by atoms with Crippen LogP contribution in [0.4, 0.5) is 4.39 Å². The topological polar surface area (TPSA) is 20.2 Å². The summed E-state index contributed by atoms with van der Waals surface area (Å²) in [5.41, 5.74) is 0. The molecule has 0 aliphatic heterocycles. The summed E-state index contributed by atoms with van der Waals surface area (Å²) in [5, 5.41) is 8.98. The normalized spacial score (nSPS) is 16.8. The highest BCUT2D eigenvalue weighted by Gasteiger charge is 2.12. The molecule has 2 unspecified atom stereocenters. The van der Waals surface area contributed by atoms with Gasteiger partial charge in [-0.1, -0.05) is 26.7 Å². The van der Waals surface area contributed by atoms with Gasteiger partial charge in [-0.2, -0.15) is 0 Å². The van der Waals surface area contributed by atoms with Crippen molar-refractivity contribution in [1.29, 1.82) is 0 Å². The number of alkyl halides is 1. The quantitative estimate of drug-likeness (QED) is 0.633. The van der Waals surface area contributed by atoms with Crippen molar-refractivity contribution in [1.82, 2.24) is 0 Å². The Morgan fingerprint density at radius 3 is 2.50 bits per heavy atom. The molecule has 2 heteroatoms. The monoisotopic (exact) mass is 148 g/mol. The lowest BCUT2D eigenvalue weighted by atomic mass is 9.99. The summed E-state index contributed by atoms with van der Waals surface area (Å²) in [4.78, 5) is 0. The van der Waals surface area contributed by atoms with Crippen molar-refractivity contribution in [2.24, 2.45) is 5.92 Å². The van der Waals surface area contributed by atoms with Gasteiger partial charge in [-0.3, -0.25) is 0 Å². The van der Waals surface area contributed by atoms with E-state index in [0.717, 1.165) is 19.3 Å². The highest BCUT2D eigenvalue weighted by Crippen LogP contribution is 2.12. The van der Waals surface area contributed by atoms with Crippen LogP contribution in [0.1, 0.15) is 33.1 Å². The van der Waals surface area contributed by atoms with Crippen molar-refractivity contribution in [2.75, 3.05) is 6.67 Å². The van der Waals surface area contributed by atoms with Gasteiger partial charge in [0.15, 0.2) is 0 Å². The number of halogens is 1. The van der Waals surface area contributed by atoms with Crippen molar-refractivity contribution in [3.05, 3.63) is 0 Å². The van der Waals surface area contributed by atoms with E-state index in [4.69, 9.17) is 5.11 Å². The van der Waals surface area contributed by atoms with Gasteiger partial charge in [0, 0.05) is 0 Å². The molecule has 0 aromatic rings. The molecule has 0 rings (SSSR count). The maximum atomic E-state index is 11.8. The van der Waals surface area contributed by atoms with E-state index in [0.29, 0.717) is 0 Å². The Morgan fingerprint density at radius 1 is 1.50 bits per heavy atom. The summed E-state index contributed by atoms with van der Waals surface area (Å²) in [6, 6.07) is 0. The van der Waals surface area contributed by atoms with Crippen LogP contribution in [0.25, 0.3) is 0 Å². The number of aliphatic hydroxyl groups is 1. The van der Waals surface area contributed by atoms with Gasteiger partial charge in [-0.05, 0) is 12.3 Å². The van der Waals surface area contributed by atoms with Crippen LogP contribution in [0.5, 0.6) is 0 Å². The third-order valence-corrected chi connectivity index (χ3v) is 1.83. The molecule has 0 spiro atoms. The molecule has 0 aliphatic rings. The second-order valence-corrected chi connectivity index (χ2v) is 2.84. The van der Waals surface area contributed by atoms with Gasteiger partial charge in [0.1, 0.15) is 6.67 Å². The van der Waals surface area contributed by atoms with Gasteiger partial charge in [-0.15, -0.1) is 0 Å². The third-order valence-electron chi connectivity index (χ3n) is 1.83. The molecule has 0 aliphatic carbocycles. The van der Waals surface area contributed by atoms with Crippen molar-refractivity contribution >= 4 is 0 Å². The molecule has 1 nitrogen and oxygen atoms in total. The van der Waals surface area contributed by atoms with Crippen molar-refractivity contribution in [3.8, 4) is 0 Å². The smallest absolute Gasteiger partial charge is 0.116 e. The van der Waals surface area contributed by atoms with E-state index in [-0.39, 0.29) is 5.92 Å². The van der Waals surface area contributed by atoms with Crippen LogP contribution in [0, 0.1) is 5.92 Å². The Hall–Kier alpha value is -0.110. The van der Waals surface area contributed by atoms with Crippen molar-refractivity contribution < 1.29 is 9.50 Å². The Morgan fingerprint density at radius 2 is 2.10 bits per heavy atom. The molecule has 0 bridgehead atoms. The molecule has 2 atom stereocenters. The molecule has 0 aromatic carbocycles. The first kappa shape index (κ1) is 9.89. The Bertz CT molecular complexity index is 75.7. The summed E-state index contributed by atoms with van der Waals surface area (Å²) < 4.78 is 11.8. The summed E-state index contributed by atoms with van der Waals surface area (Å²) in [6.45, 7) is 3.37. The number of hydrogen-bond acceptors (Lipinski definition) is 1. The lowest BCUT2D eigenvalue weighted by molar-refractivity contribution is 0.0835. The molecular formula is C8H17FO. The second kappa shape index (κ2) is 5.66. The zero-order valence-electron chi connectivity index (χ0n) is 6.81. The summed E-state index contributed by atoms with van der Waals surface area (Å²) in [6.07, 6.45) is 2.38. The summed E-state index contributed by atoms with van der Waals surface area (Å²) in [5.74, 6) is 0.116. The molecule has 0 saturated carbocycles. The third kappa shape index (κ3) is 3.83. The van der Waals surface area contributed by atoms with Crippen LogP contribution in [-0.4, -0.2) is 17.9 Å². The molecule has 0 fully saturated rings. The first-order valence-corrected chi connectivity index (χ1v) is 3.96. The Labute approximate surface area is 62.3 Å². The average molecular weight is 148 g/mol. The molecule has 10 heavy (non-hydrogen) atoms.